The summed E-state index contributed by atoms with van der Waals surface area (Å²) >= 11 is 2.70. The summed E-state index contributed by atoms with van der Waals surface area (Å²) < 4.78 is 0. The van der Waals surface area contributed by atoms with Crippen LogP contribution in [0.3, 0.4) is 0 Å². The molecule has 0 aliphatic heterocycles. The van der Waals surface area contributed by atoms with Crippen LogP contribution >= 0.6 is 23.1 Å². The van der Waals surface area contributed by atoms with Crippen molar-refractivity contribution in [3.8, 4) is 11.3 Å². The third kappa shape index (κ3) is 9.30. The summed E-state index contributed by atoms with van der Waals surface area (Å²) in [5.41, 5.74) is 4.10. The van der Waals surface area contributed by atoms with Crippen molar-refractivity contribution in [2.24, 2.45) is 0 Å². The van der Waals surface area contributed by atoms with Crippen LogP contribution in [0.15, 0.2) is 144 Å². The topological polar surface area (TPSA) is 143 Å². The average Bonchev–Trinajstić information content (AvgIpc) is 3.53. The molecule has 0 saturated carbocycles. The molecular weight excluding hydrogens is 707 g/mol. The number of anilines is 2. The Labute approximate surface area is 314 Å². The van der Waals surface area contributed by atoms with Gasteiger partial charge in [-0.1, -0.05) is 96.6 Å². The molecule has 0 aliphatic rings. The number of nitro benzene ring substituents is 1. The second-order valence-corrected chi connectivity index (χ2v) is 14.2. The number of thiazole rings is 1. The normalized spacial score (nSPS) is 11.7. The van der Waals surface area contributed by atoms with Crippen molar-refractivity contribution in [3.63, 3.8) is 0 Å². The monoisotopic (exact) mass is 739 g/mol. The first-order valence-corrected chi connectivity index (χ1v) is 18.1. The lowest BCUT2D eigenvalue weighted by Gasteiger charge is -2.17. The highest BCUT2D eigenvalue weighted by atomic mass is 32.2. The van der Waals surface area contributed by atoms with Crippen molar-refractivity contribution in [2.75, 3.05) is 10.6 Å². The van der Waals surface area contributed by atoms with Crippen molar-refractivity contribution in [1.82, 2.24) is 10.3 Å². The van der Waals surface area contributed by atoms with E-state index in [1.165, 1.54) is 47.4 Å². The maximum atomic E-state index is 13.9. The van der Waals surface area contributed by atoms with Gasteiger partial charge < -0.3 is 16.0 Å². The van der Waals surface area contributed by atoms with Crippen LogP contribution < -0.4 is 16.0 Å². The molecule has 0 fully saturated rings. The van der Waals surface area contributed by atoms with Gasteiger partial charge in [0.1, 0.15) is 10.9 Å². The molecule has 0 radical (unpaired) electrons. The highest BCUT2D eigenvalue weighted by Gasteiger charge is 2.25. The zero-order chi connectivity index (χ0) is 37.3. The van der Waals surface area contributed by atoms with Crippen LogP contribution in [0.5, 0.6) is 0 Å². The number of nitrogens with one attached hydrogen (secondary N) is 3. The van der Waals surface area contributed by atoms with Gasteiger partial charge in [0.2, 0.25) is 5.91 Å². The van der Waals surface area contributed by atoms with Crippen LogP contribution in [-0.2, 0) is 9.59 Å². The van der Waals surface area contributed by atoms with Gasteiger partial charge in [0.25, 0.3) is 17.5 Å². The number of hydrogen-bond acceptors (Lipinski definition) is 8. The summed E-state index contributed by atoms with van der Waals surface area (Å²) in [5, 5.41) is 20.0. The predicted octanol–water partition coefficient (Wildman–Crippen LogP) is 9.22. The number of amides is 3. The van der Waals surface area contributed by atoms with Gasteiger partial charge in [-0.25, -0.2) is 4.98 Å². The SMILES string of the molecule is Cc1ccc(-c2nc(NC(=O)C(Sc3cccc(NC(=O)/C(=C\c4ccccc4[N+](=O)[O-])NC(=O)c4ccccc4)c3)c3ccccc3)sc2C)cc1. The number of aromatic nitrogens is 1. The Bertz CT molecular complexity index is 2310. The minimum absolute atomic E-state index is 0.137. The van der Waals surface area contributed by atoms with Crippen LogP contribution in [0.2, 0.25) is 0 Å². The second kappa shape index (κ2) is 16.8. The molecule has 0 spiro atoms. The van der Waals surface area contributed by atoms with E-state index in [0.717, 1.165) is 27.3 Å². The number of rotatable bonds is 12. The van der Waals surface area contributed by atoms with Gasteiger partial charge in [-0.15, -0.1) is 23.1 Å². The number of para-hydroxylation sites is 1. The van der Waals surface area contributed by atoms with E-state index in [1.807, 2.05) is 74.5 Å². The molecule has 1 atom stereocenters. The minimum atomic E-state index is -0.699. The standard InChI is InChI=1S/C41H33N5O5S2/c1-26-20-22-28(23-21-26)36-27(2)52-41(44-36)45-40(49)37(29-12-5-3-6-13-29)53-33-18-11-17-32(25-33)42-39(48)34(43-38(47)30-14-7-4-8-15-30)24-31-16-9-10-19-35(31)46(50)51/h3-25,37H,1-2H3,(H,42,48)(H,43,47)(H,44,45,49)/b34-24+. The zero-order valence-electron chi connectivity index (χ0n) is 28.6. The molecule has 12 heteroatoms. The predicted molar refractivity (Wildman–Crippen MR) is 211 cm³/mol. The Balaban J connectivity index is 1.24. The second-order valence-electron chi connectivity index (χ2n) is 11.9. The maximum Gasteiger partial charge on any atom is 0.276 e. The molecule has 10 nitrogen and oxygen atoms in total. The first-order chi connectivity index (χ1) is 25.6. The molecule has 1 unspecified atom stereocenters. The van der Waals surface area contributed by atoms with Gasteiger partial charge in [0.05, 0.1) is 16.2 Å². The Morgan fingerprint density at radius 3 is 2.21 bits per heavy atom. The highest BCUT2D eigenvalue weighted by molar-refractivity contribution is 8.00. The fraction of sp³-hybridized carbons (Fsp3) is 0.0732. The van der Waals surface area contributed by atoms with Gasteiger partial charge in [-0.3, -0.25) is 24.5 Å². The summed E-state index contributed by atoms with van der Waals surface area (Å²) in [6.45, 7) is 4.00. The lowest BCUT2D eigenvalue weighted by molar-refractivity contribution is -0.385. The van der Waals surface area contributed by atoms with Gasteiger partial charge in [-0.2, -0.15) is 0 Å². The molecule has 1 heterocycles. The minimum Gasteiger partial charge on any atom is -0.321 e. The first-order valence-electron chi connectivity index (χ1n) is 16.4. The number of nitrogens with zero attached hydrogens (tertiary/aromatic N) is 2. The van der Waals surface area contributed by atoms with Crippen LogP contribution in [0.25, 0.3) is 17.3 Å². The van der Waals surface area contributed by atoms with Crippen LogP contribution in [0.1, 0.15) is 37.2 Å². The molecule has 264 valence electrons. The lowest BCUT2D eigenvalue weighted by atomic mass is 10.1. The summed E-state index contributed by atoms with van der Waals surface area (Å²) in [6.07, 6.45) is 1.27. The van der Waals surface area contributed by atoms with Gasteiger partial charge >= 0.3 is 0 Å². The van der Waals surface area contributed by atoms with E-state index in [0.29, 0.717) is 21.3 Å². The van der Waals surface area contributed by atoms with Crippen molar-refractivity contribution in [2.45, 2.75) is 24.0 Å². The van der Waals surface area contributed by atoms with Crippen LogP contribution in [-0.4, -0.2) is 27.6 Å². The Hall–Kier alpha value is -6.37. The summed E-state index contributed by atoms with van der Waals surface area (Å²) in [7, 11) is 0. The highest BCUT2D eigenvalue weighted by Crippen LogP contribution is 2.38. The molecular formula is C41H33N5O5S2. The Morgan fingerprint density at radius 1 is 0.811 bits per heavy atom. The van der Waals surface area contributed by atoms with Gasteiger partial charge in [0.15, 0.2) is 5.13 Å². The zero-order valence-corrected chi connectivity index (χ0v) is 30.2. The molecule has 6 aromatic rings. The largest absolute Gasteiger partial charge is 0.321 e. The fourth-order valence-electron chi connectivity index (χ4n) is 5.36. The Morgan fingerprint density at radius 2 is 1.49 bits per heavy atom. The van der Waals surface area contributed by atoms with E-state index in [-0.39, 0.29) is 22.9 Å². The van der Waals surface area contributed by atoms with E-state index in [2.05, 4.69) is 16.0 Å². The van der Waals surface area contributed by atoms with Crippen molar-refractivity contribution < 1.29 is 19.3 Å². The quantitative estimate of drug-likeness (QED) is 0.0491. The van der Waals surface area contributed by atoms with Gasteiger partial charge in [0, 0.05) is 32.7 Å². The third-order valence-electron chi connectivity index (χ3n) is 8.00. The number of benzene rings is 5. The molecule has 3 amide bonds. The van der Waals surface area contributed by atoms with Crippen molar-refractivity contribution in [3.05, 3.63) is 176 Å². The molecule has 1 aromatic heterocycles. The van der Waals surface area contributed by atoms with Gasteiger partial charge in [-0.05, 0) is 61.9 Å². The number of carbonyl (C=O) groups excluding carboxylic acids is 3. The molecule has 0 aliphatic carbocycles. The molecule has 6 rings (SSSR count). The van der Waals surface area contributed by atoms with E-state index in [9.17, 15) is 24.5 Å². The molecule has 5 aromatic carbocycles. The van der Waals surface area contributed by atoms with Crippen molar-refractivity contribution >= 4 is 63.4 Å². The summed E-state index contributed by atoms with van der Waals surface area (Å²) in [4.78, 5) is 58.3. The van der Waals surface area contributed by atoms with E-state index < -0.39 is 22.0 Å². The van der Waals surface area contributed by atoms with Crippen LogP contribution in [0, 0.1) is 24.0 Å². The summed E-state index contributed by atoms with van der Waals surface area (Å²) in [6, 6.07) is 38.6. The number of hydrogen-bond donors (Lipinski definition) is 3. The molecule has 0 saturated heterocycles. The third-order valence-corrected chi connectivity index (χ3v) is 10.1. The van der Waals surface area contributed by atoms with E-state index >= 15 is 0 Å². The lowest BCUT2D eigenvalue weighted by Crippen LogP contribution is -2.30. The van der Waals surface area contributed by atoms with E-state index in [4.69, 9.17) is 4.98 Å². The van der Waals surface area contributed by atoms with Crippen molar-refractivity contribution in [1.29, 1.82) is 0 Å². The number of aryl methyl sites for hydroxylation is 2. The molecule has 53 heavy (non-hydrogen) atoms. The molecule has 3 N–H and O–H groups in total. The maximum absolute atomic E-state index is 13.9. The smallest absolute Gasteiger partial charge is 0.276 e. The van der Waals surface area contributed by atoms with Crippen LogP contribution in [0.4, 0.5) is 16.5 Å². The average molecular weight is 740 g/mol. The fourth-order valence-corrected chi connectivity index (χ4v) is 7.28. The van der Waals surface area contributed by atoms with E-state index in [1.54, 1.807) is 54.6 Å². The number of nitro groups is 1. The number of thioether (sulfide) groups is 1. The Kier molecular flexibility index (Phi) is 11.5. The summed E-state index contributed by atoms with van der Waals surface area (Å²) in [5.74, 6) is -1.53. The number of carbonyl (C=O) groups is 3. The molecule has 0 bridgehead atoms. The first kappa shape index (κ1) is 36.4.